The molecule has 0 aliphatic rings. The molecule has 27 heavy (non-hydrogen) atoms. The van der Waals surface area contributed by atoms with Crippen LogP contribution in [0.1, 0.15) is 23.7 Å². The lowest BCUT2D eigenvalue weighted by Gasteiger charge is -2.06. The maximum absolute atomic E-state index is 12.0. The first kappa shape index (κ1) is 20.3. The summed E-state index contributed by atoms with van der Waals surface area (Å²) in [6.07, 6.45) is -0.0478. The van der Waals surface area contributed by atoms with Gasteiger partial charge in [0.15, 0.2) is 0 Å². The third kappa shape index (κ3) is 6.05. The van der Waals surface area contributed by atoms with E-state index < -0.39 is 10.8 Å². The number of carbonyl (C=O) groups excluding carboxylic acids is 2. The van der Waals surface area contributed by atoms with Gasteiger partial charge >= 0.3 is 0 Å². The Hall–Kier alpha value is -2.97. The van der Waals surface area contributed by atoms with Crippen molar-refractivity contribution in [2.75, 3.05) is 5.32 Å². The molecule has 140 valence electrons. The predicted molar refractivity (Wildman–Crippen MR) is 103 cm³/mol. The van der Waals surface area contributed by atoms with Gasteiger partial charge in [-0.2, -0.15) is 5.10 Å². The van der Waals surface area contributed by atoms with Crippen LogP contribution in [-0.2, 0) is 4.79 Å². The molecular formula is C17H14Cl2N4O4. The molecule has 0 unspecified atom stereocenters. The summed E-state index contributed by atoms with van der Waals surface area (Å²) in [6.45, 7) is 1.57. The number of nitro groups is 1. The quantitative estimate of drug-likeness (QED) is 0.426. The molecule has 0 aliphatic heterocycles. The summed E-state index contributed by atoms with van der Waals surface area (Å²) in [5.41, 5.74) is 2.98. The summed E-state index contributed by atoms with van der Waals surface area (Å²) in [5.74, 6) is -0.937. The molecule has 2 aromatic carbocycles. The van der Waals surface area contributed by atoms with Crippen LogP contribution in [0, 0.1) is 10.1 Å². The van der Waals surface area contributed by atoms with E-state index in [1.54, 1.807) is 31.2 Å². The third-order valence-electron chi connectivity index (χ3n) is 3.28. The number of rotatable bonds is 6. The van der Waals surface area contributed by atoms with Crippen LogP contribution in [0.25, 0.3) is 0 Å². The number of carbonyl (C=O) groups is 2. The fourth-order valence-corrected chi connectivity index (χ4v) is 2.49. The number of benzene rings is 2. The second kappa shape index (κ2) is 9.11. The summed E-state index contributed by atoms with van der Waals surface area (Å²) in [5, 5.41) is 17.6. The van der Waals surface area contributed by atoms with Crippen molar-refractivity contribution in [3.05, 3.63) is 68.2 Å². The lowest BCUT2D eigenvalue weighted by molar-refractivity contribution is -0.384. The van der Waals surface area contributed by atoms with Crippen molar-refractivity contribution in [3.8, 4) is 0 Å². The number of hydrogen-bond donors (Lipinski definition) is 2. The van der Waals surface area contributed by atoms with Gasteiger partial charge < -0.3 is 5.32 Å². The molecule has 0 saturated carbocycles. The summed E-state index contributed by atoms with van der Waals surface area (Å²) in [4.78, 5) is 34.1. The van der Waals surface area contributed by atoms with E-state index >= 15 is 0 Å². The highest BCUT2D eigenvalue weighted by atomic mass is 35.5. The number of nitrogens with one attached hydrogen (secondary N) is 2. The molecule has 0 saturated heterocycles. The Balaban J connectivity index is 1.94. The molecule has 2 N–H and O–H groups in total. The summed E-state index contributed by atoms with van der Waals surface area (Å²) < 4.78 is 0. The minimum Gasteiger partial charge on any atom is -0.326 e. The van der Waals surface area contributed by atoms with Crippen molar-refractivity contribution >= 4 is 52.1 Å². The average molecular weight is 409 g/mol. The molecule has 0 aliphatic carbocycles. The third-order valence-corrected chi connectivity index (χ3v) is 3.82. The van der Waals surface area contributed by atoms with Gasteiger partial charge in [-0.3, -0.25) is 19.7 Å². The van der Waals surface area contributed by atoms with E-state index in [1.165, 1.54) is 12.1 Å². The van der Waals surface area contributed by atoms with Crippen molar-refractivity contribution in [3.63, 3.8) is 0 Å². The molecule has 2 aromatic rings. The maximum atomic E-state index is 12.0. The number of halogens is 2. The van der Waals surface area contributed by atoms with Gasteiger partial charge in [-0.25, -0.2) is 5.43 Å². The van der Waals surface area contributed by atoms with Gasteiger partial charge in [-0.15, -0.1) is 0 Å². The molecule has 0 fully saturated rings. The van der Waals surface area contributed by atoms with E-state index in [2.05, 4.69) is 15.8 Å². The number of hydrazone groups is 1. The molecule has 0 radical (unpaired) electrons. The van der Waals surface area contributed by atoms with Crippen molar-refractivity contribution in [1.82, 2.24) is 5.43 Å². The molecule has 0 spiro atoms. The SMILES string of the molecule is CC(CC(=O)Nc1cccc(Cl)c1)=NNC(=O)c1ccc([N+](=O)[O-])c(Cl)c1. The molecule has 2 rings (SSSR count). The van der Waals surface area contributed by atoms with Crippen LogP contribution in [0.3, 0.4) is 0 Å². The van der Waals surface area contributed by atoms with Gasteiger partial charge in [0.05, 0.1) is 11.3 Å². The molecule has 10 heteroatoms. The van der Waals surface area contributed by atoms with Gasteiger partial charge in [-0.1, -0.05) is 29.3 Å². The standard InChI is InChI=1S/C17H14Cl2N4O4/c1-10(7-16(24)20-13-4-2-3-12(18)9-13)21-22-17(25)11-5-6-15(23(26)27)14(19)8-11/h2-6,8-9H,7H2,1H3,(H,20,24)(H,22,25). The van der Waals surface area contributed by atoms with Crippen LogP contribution in [0.5, 0.6) is 0 Å². The van der Waals surface area contributed by atoms with Crippen molar-refractivity contribution in [2.45, 2.75) is 13.3 Å². The molecule has 0 heterocycles. The zero-order valence-electron chi connectivity index (χ0n) is 14.0. The van der Waals surface area contributed by atoms with Crippen molar-refractivity contribution in [2.24, 2.45) is 5.10 Å². The lowest BCUT2D eigenvalue weighted by Crippen LogP contribution is -2.21. The fourth-order valence-electron chi connectivity index (χ4n) is 2.05. The molecule has 0 atom stereocenters. The average Bonchev–Trinajstić information content (AvgIpc) is 2.59. The topological polar surface area (TPSA) is 114 Å². The largest absolute Gasteiger partial charge is 0.326 e. The Morgan fingerprint density at radius 3 is 2.56 bits per heavy atom. The Labute approximate surface area is 164 Å². The summed E-state index contributed by atoms with van der Waals surface area (Å²) >= 11 is 11.6. The first-order valence-corrected chi connectivity index (χ1v) is 8.34. The Morgan fingerprint density at radius 1 is 1.19 bits per heavy atom. The highest BCUT2D eigenvalue weighted by Crippen LogP contribution is 2.24. The smallest absolute Gasteiger partial charge is 0.287 e. The summed E-state index contributed by atoms with van der Waals surface area (Å²) in [7, 11) is 0. The van der Waals surface area contributed by atoms with Crippen molar-refractivity contribution < 1.29 is 14.5 Å². The van der Waals surface area contributed by atoms with E-state index in [4.69, 9.17) is 23.2 Å². The highest BCUT2D eigenvalue weighted by molar-refractivity contribution is 6.33. The van der Waals surface area contributed by atoms with Crippen LogP contribution in [0.2, 0.25) is 10.0 Å². The first-order chi connectivity index (χ1) is 12.8. The second-order valence-electron chi connectivity index (χ2n) is 5.45. The lowest BCUT2D eigenvalue weighted by atomic mass is 10.2. The minimum atomic E-state index is -0.648. The zero-order valence-corrected chi connectivity index (χ0v) is 15.5. The van der Waals surface area contributed by atoms with Crippen molar-refractivity contribution in [1.29, 1.82) is 0 Å². The number of hydrogen-bond acceptors (Lipinski definition) is 5. The normalized spacial score (nSPS) is 11.0. The first-order valence-electron chi connectivity index (χ1n) is 7.59. The van der Waals surface area contributed by atoms with Gasteiger partial charge in [0.2, 0.25) is 5.91 Å². The molecule has 0 bridgehead atoms. The molecule has 0 aromatic heterocycles. The monoisotopic (exact) mass is 408 g/mol. The molecule has 2 amide bonds. The maximum Gasteiger partial charge on any atom is 0.287 e. The second-order valence-corrected chi connectivity index (χ2v) is 6.29. The Bertz CT molecular complexity index is 931. The minimum absolute atomic E-state index is 0.0478. The molecule has 8 nitrogen and oxygen atoms in total. The van der Waals surface area contributed by atoms with E-state index in [9.17, 15) is 19.7 Å². The van der Waals surface area contributed by atoms with Crippen LogP contribution >= 0.6 is 23.2 Å². The number of anilines is 1. The highest BCUT2D eigenvalue weighted by Gasteiger charge is 2.15. The van der Waals surface area contributed by atoms with Crippen LogP contribution < -0.4 is 10.7 Å². The van der Waals surface area contributed by atoms with E-state index in [1.807, 2.05) is 0 Å². The number of nitrogens with zero attached hydrogens (tertiary/aromatic N) is 2. The number of nitro benzene ring substituents is 1. The van der Waals surface area contributed by atoms with E-state index in [-0.39, 0.29) is 28.6 Å². The van der Waals surface area contributed by atoms with Gasteiger partial charge in [0, 0.05) is 28.1 Å². The Kier molecular flexibility index (Phi) is 6.86. The van der Waals surface area contributed by atoms with Gasteiger partial charge in [-0.05, 0) is 37.3 Å². The van der Waals surface area contributed by atoms with E-state index in [0.717, 1.165) is 6.07 Å². The van der Waals surface area contributed by atoms with Gasteiger partial charge in [0.25, 0.3) is 11.6 Å². The fraction of sp³-hybridized carbons (Fsp3) is 0.118. The van der Waals surface area contributed by atoms with Crippen LogP contribution in [0.15, 0.2) is 47.6 Å². The predicted octanol–water partition coefficient (Wildman–Crippen LogP) is 4.04. The van der Waals surface area contributed by atoms with Gasteiger partial charge in [0.1, 0.15) is 5.02 Å². The number of amides is 2. The molecular weight excluding hydrogens is 395 g/mol. The van der Waals surface area contributed by atoms with Crippen LogP contribution in [0.4, 0.5) is 11.4 Å². The summed E-state index contributed by atoms with van der Waals surface area (Å²) in [6, 6.07) is 10.2. The van der Waals surface area contributed by atoms with Crippen LogP contribution in [-0.4, -0.2) is 22.4 Å². The zero-order chi connectivity index (χ0) is 20.0. The Morgan fingerprint density at radius 2 is 1.93 bits per heavy atom. The van der Waals surface area contributed by atoms with E-state index in [0.29, 0.717) is 16.4 Å².